The largest absolute Gasteiger partial charge is 0.497 e. The molecule has 1 N–H and O–H groups in total. The second kappa shape index (κ2) is 6.96. The van der Waals surface area contributed by atoms with E-state index in [1.807, 2.05) is 48.3 Å². The van der Waals surface area contributed by atoms with Crippen molar-refractivity contribution in [3.05, 3.63) is 35.8 Å². The predicted molar refractivity (Wildman–Crippen MR) is 96.9 cm³/mol. The molecule has 0 atom stereocenters. The van der Waals surface area contributed by atoms with E-state index in [-0.39, 0.29) is 5.91 Å². The Morgan fingerprint density at radius 2 is 2.08 bits per heavy atom. The summed E-state index contributed by atoms with van der Waals surface area (Å²) in [7, 11) is 1.64. The first kappa shape index (κ1) is 17.0. The zero-order valence-electron chi connectivity index (χ0n) is 15.0. The first-order valence-corrected chi connectivity index (χ1v) is 8.37. The van der Waals surface area contributed by atoms with Gasteiger partial charge in [-0.25, -0.2) is 0 Å². The van der Waals surface area contributed by atoms with Crippen molar-refractivity contribution in [1.82, 2.24) is 19.6 Å². The maximum atomic E-state index is 12.3. The SMILES string of the molecule is CCn1nc(C)c(NC(=O)CCn2ncc3cc(OC)ccc32)c1C. The summed E-state index contributed by atoms with van der Waals surface area (Å²) in [6.45, 7) is 7.20. The minimum atomic E-state index is -0.0426. The van der Waals surface area contributed by atoms with Crippen molar-refractivity contribution in [3.63, 3.8) is 0 Å². The van der Waals surface area contributed by atoms with Gasteiger partial charge >= 0.3 is 0 Å². The van der Waals surface area contributed by atoms with Crippen LogP contribution in [0.4, 0.5) is 5.69 Å². The number of methoxy groups -OCH3 is 1. The minimum Gasteiger partial charge on any atom is -0.497 e. The number of aryl methyl sites for hydroxylation is 3. The van der Waals surface area contributed by atoms with Crippen LogP contribution in [0.15, 0.2) is 24.4 Å². The van der Waals surface area contributed by atoms with Crippen LogP contribution in [0.3, 0.4) is 0 Å². The Kier molecular flexibility index (Phi) is 4.74. The Labute approximate surface area is 146 Å². The summed E-state index contributed by atoms with van der Waals surface area (Å²) in [6.07, 6.45) is 2.13. The molecule has 0 unspecified atom stereocenters. The van der Waals surface area contributed by atoms with Gasteiger partial charge in [0.25, 0.3) is 0 Å². The highest BCUT2D eigenvalue weighted by atomic mass is 16.5. The Balaban J connectivity index is 1.68. The molecule has 2 aromatic heterocycles. The Hall–Kier alpha value is -2.83. The molecule has 7 heteroatoms. The van der Waals surface area contributed by atoms with Crippen LogP contribution >= 0.6 is 0 Å². The molecule has 0 fully saturated rings. The third-order valence-corrected chi connectivity index (χ3v) is 4.35. The van der Waals surface area contributed by atoms with Crippen LogP contribution in [-0.4, -0.2) is 32.6 Å². The van der Waals surface area contributed by atoms with Gasteiger partial charge in [0.1, 0.15) is 5.75 Å². The molecule has 3 rings (SSSR count). The van der Waals surface area contributed by atoms with Gasteiger partial charge in [0.15, 0.2) is 0 Å². The van der Waals surface area contributed by atoms with E-state index in [1.165, 1.54) is 0 Å². The molecule has 1 amide bonds. The van der Waals surface area contributed by atoms with Crippen molar-refractivity contribution in [2.45, 2.75) is 40.3 Å². The molecule has 0 aliphatic rings. The quantitative estimate of drug-likeness (QED) is 0.748. The second-order valence-corrected chi connectivity index (χ2v) is 5.95. The van der Waals surface area contributed by atoms with Gasteiger partial charge in [-0.15, -0.1) is 0 Å². The molecule has 0 aliphatic heterocycles. The molecule has 0 bridgehead atoms. The number of fused-ring (bicyclic) bond motifs is 1. The molecule has 2 heterocycles. The molecule has 3 aromatic rings. The maximum Gasteiger partial charge on any atom is 0.226 e. The lowest BCUT2D eigenvalue weighted by molar-refractivity contribution is -0.116. The summed E-state index contributed by atoms with van der Waals surface area (Å²) in [6, 6.07) is 5.79. The third kappa shape index (κ3) is 3.35. The van der Waals surface area contributed by atoms with Crippen LogP contribution < -0.4 is 10.1 Å². The lowest BCUT2D eigenvalue weighted by Crippen LogP contribution is -2.16. The summed E-state index contributed by atoms with van der Waals surface area (Å²) < 4.78 is 8.95. The first-order valence-electron chi connectivity index (χ1n) is 8.37. The van der Waals surface area contributed by atoms with E-state index >= 15 is 0 Å². The highest BCUT2D eigenvalue weighted by molar-refractivity contribution is 5.92. The number of aromatic nitrogens is 4. The van der Waals surface area contributed by atoms with E-state index in [4.69, 9.17) is 4.74 Å². The van der Waals surface area contributed by atoms with Gasteiger partial charge in [-0.05, 0) is 39.0 Å². The van der Waals surface area contributed by atoms with Crippen molar-refractivity contribution in [2.75, 3.05) is 12.4 Å². The summed E-state index contributed by atoms with van der Waals surface area (Å²) in [4.78, 5) is 12.3. The molecule has 132 valence electrons. The normalized spacial score (nSPS) is 11.0. The monoisotopic (exact) mass is 341 g/mol. The minimum absolute atomic E-state index is 0.0426. The van der Waals surface area contributed by atoms with Gasteiger partial charge < -0.3 is 10.1 Å². The van der Waals surface area contributed by atoms with E-state index in [9.17, 15) is 4.79 Å². The van der Waals surface area contributed by atoms with E-state index in [1.54, 1.807) is 13.3 Å². The molecular weight excluding hydrogens is 318 g/mol. The summed E-state index contributed by atoms with van der Waals surface area (Å²) in [5, 5.41) is 12.8. The van der Waals surface area contributed by atoms with Gasteiger partial charge in [-0.1, -0.05) is 0 Å². The predicted octanol–water partition coefficient (Wildman–Crippen LogP) is 2.91. The van der Waals surface area contributed by atoms with Crippen LogP contribution in [0, 0.1) is 13.8 Å². The Morgan fingerprint density at radius 1 is 1.28 bits per heavy atom. The Bertz CT molecular complexity index is 910. The number of hydrogen-bond acceptors (Lipinski definition) is 4. The van der Waals surface area contributed by atoms with Crippen LogP contribution in [0.2, 0.25) is 0 Å². The summed E-state index contributed by atoms with van der Waals surface area (Å²) >= 11 is 0. The molecule has 0 spiro atoms. The summed E-state index contributed by atoms with van der Waals surface area (Å²) in [5.41, 5.74) is 3.61. The number of amides is 1. The number of hydrogen-bond donors (Lipinski definition) is 1. The molecule has 1 aromatic carbocycles. The average Bonchev–Trinajstić information content (AvgIpc) is 3.14. The molecule has 0 saturated carbocycles. The fourth-order valence-corrected chi connectivity index (χ4v) is 2.97. The fraction of sp³-hybridized carbons (Fsp3) is 0.389. The van der Waals surface area contributed by atoms with Crippen molar-refractivity contribution in [3.8, 4) is 5.75 Å². The maximum absolute atomic E-state index is 12.3. The molecule has 25 heavy (non-hydrogen) atoms. The first-order chi connectivity index (χ1) is 12.0. The lowest BCUT2D eigenvalue weighted by atomic mass is 10.2. The average molecular weight is 341 g/mol. The van der Waals surface area contributed by atoms with Gasteiger partial charge in [0.05, 0.1) is 42.4 Å². The van der Waals surface area contributed by atoms with E-state index in [2.05, 4.69) is 15.5 Å². The zero-order valence-corrected chi connectivity index (χ0v) is 15.0. The number of nitrogens with zero attached hydrogens (tertiary/aromatic N) is 4. The number of anilines is 1. The number of carbonyl (C=O) groups is 1. The molecule has 7 nitrogen and oxygen atoms in total. The molecular formula is C18H23N5O2. The van der Waals surface area contributed by atoms with Gasteiger partial charge in [0, 0.05) is 18.4 Å². The zero-order chi connectivity index (χ0) is 18.0. The number of benzene rings is 1. The van der Waals surface area contributed by atoms with Crippen molar-refractivity contribution < 1.29 is 9.53 Å². The number of ether oxygens (including phenoxy) is 1. The van der Waals surface area contributed by atoms with Crippen LogP contribution in [0.1, 0.15) is 24.7 Å². The van der Waals surface area contributed by atoms with E-state index < -0.39 is 0 Å². The highest BCUT2D eigenvalue weighted by Crippen LogP contribution is 2.21. The van der Waals surface area contributed by atoms with Gasteiger partial charge in [0.2, 0.25) is 5.91 Å². The van der Waals surface area contributed by atoms with Crippen LogP contribution in [-0.2, 0) is 17.9 Å². The number of nitrogens with one attached hydrogen (secondary N) is 1. The Morgan fingerprint density at radius 3 is 2.76 bits per heavy atom. The number of rotatable bonds is 6. The van der Waals surface area contributed by atoms with E-state index in [0.29, 0.717) is 13.0 Å². The van der Waals surface area contributed by atoms with Crippen molar-refractivity contribution in [1.29, 1.82) is 0 Å². The molecule has 0 saturated heterocycles. The van der Waals surface area contributed by atoms with E-state index in [0.717, 1.165) is 40.3 Å². The van der Waals surface area contributed by atoms with Crippen LogP contribution in [0.5, 0.6) is 5.75 Å². The standard InChI is InChI=1S/C18H23N5O2/c1-5-22-13(3)18(12(2)21-22)20-17(24)8-9-23-16-7-6-15(25-4)10-14(16)11-19-23/h6-7,10-11H,5,8-9H2,1-4H3,(H,20,24). The van der Waals surface area contributed by atoms with Crippen molar-refractivity contribution >= 4 is 22.5 Å². The second-order valence-electron chi connectivity index (χ2n) is 5.95. The molecule has 0 aliphatic carbocycles. The van der Waals surface area contributed by atoms with Gasteiger partial charge in [-0.2, -0.15) is 10.2 Å². The van der Waals surface area contributed by atoms with Gasteiger partial charge in [-0.3, -0.25) is 14.2 Å². The molecule has 0 radical (unpaired) electrons. The topological polar surface area (TPSA) is 74.0 Å². The van der Waals surface area contributed by atoms with Crippen molar-refractivity contribution in [2.24, 2.45) is 0 Å². The fourth-order valence-electron chi connectivity index (χ4n) is 2.97. The third-order valence-electron chi connectivity index (χ3n) is 4.35. The number of carbonyl (C=O) groups excluding carboxylic acids is 1. The lowest BCUT2D eigenvalue weighted by Gasteiger charge is -2.07. The smallest absolute Gasteiger partial charge is 0.226 e. The van der Waals surface area contributed by atoms with Crippen LogP contribution in [0.25, 0.3) is 10.9 Å². The summed E-state index contributed by atoms with van der Waals surface area (Å²) in [5.74, 6) is 0.752. The highest BCUT2D eigenvalue weighted by Gasteiger charge is 2.14.